The van der Waals surface area contributed by atoms with Crippen LogP contribution in [0.2, 0.25) is 0 Å². The molecule has 0 aromatic heterocycles. The summed E-state index contributed by atoms with van der Waals surface area (Å²) in [5, 5.41) is 3.44. The van der Waals surface area contributed by atoms with E-state index in [-0.39, 0.29) is 0 Å². The zero-order valence-corrected chi connectivity index (χ0v) is 7.41. The van der Waals surface area contributed by atoms with Gasteiger partial charge in [-0.2, -0.15) is 0 Å². The van der Waals surface area contributed by atoms with Gasteiger partial charge in [-0.25, -0.2) is 0 Å². The molecule has 0 atom stereocenters. The summed E-state index contributed by atoms with van der Waals surface area (Å²) < 4.78 is 0. The van der Waals surface area contributed by atoms with Gasteiger partial charge in [0.05, 0.1) is 6.42 Å². The van der Waals surface area contributed by atoms with Crippen molar-refractivity contribution in [1.82, 2.24) is 5.32 Å². The van der Waals surface area contributed by atoms with Gasteiger partial charge >= 0.3 is 0 Å². The van der Waals surface area contributed by atoms with Crippen LogP contribution >= 0.6 is 0 Å². The van der Waals surface area contributed by atoms with E-state index in [9.17, 15) is 0 Å². The summed E-state index contributed by atoms with van der Waals surface area (Å²) in [5.41, 5.74) is 0.295. The normalized spacial score (nSPS) is 11.6. The smallest absolute Gasteiger partial charge is 0.0694 e. The zero-order valence-electron chi connectivity index (χ0n) is 7.41. The molecule has 0 bridgehead atoms. The van der Waals surface area contributed by atoms with E-state index in [0.717, 1.165) is 13.0 Å². The van der Waals surface area contributed by atoms with Gasteiger partial charge in [0.15, 0.2) is 0 Å². The zero-order chi connectivity index (χ0) is 8.04. The second-order valence-corrected chi connectivity index (χ2v) is 3.24. The molecule has 1 N–H and O–H groups in total. The summed E-state index contributed by atoms with van der Waals surface area (Å²) in [4.78, 5) is 0. The van der Waals surface area contributed by atoms with Gasteiger partial charge in [-0.15, -0.1) is 6.92 Å². The van der Waals surface area contributed by atoms with Gasteiger partial charge in [-0.3, -0.25) is 0 Å². The first-order valence-corrected chi connectivity index (χ1v) is 3.98. The first kappa shape index (κ1) is 9.83. The van der Waals surface area contributed by atoms with Gasteiger partial charge in [-0.1, -0.05) is 13.3 Å². The summed E-state index contributed by atoms with van der Waals surface area (Å²) in [5.74, 6) is 0. The highest BCUT2D eigenvalue weighted by molar-refractivity contribution is 4.77. The molecule has 0 saturated carbocycles. The van der Waals surface area contributed by atoms with E-state index in [2.05, 4.69) is 33.0 Å². The van der Waals surface area contributed by atoms with Crippen molar-refractivity contribution in [2.45, 2.75) is 39.2 Å². The Balaban J connectivity index is 3.28. The molecule has 0 saturated heterocycles. The molecule has 0 radical (unpaired) electrons. The second-order valence-electron chi connectivity index (χ2n) is 3.24. The molecule has 0 rings (SSSR count). The fraction of sp³-hybridized carbons (Fsp3) is 0.778. The highest BCUT2D eigenvalue weighted by Gasteiger charge is 2.12. The van der Waals surface area contributed by atoms with Crippen molar-refractivity contribution >= 4 is 0 Å². The van der Waals surface area contributed by atoms with E-state index in [1.807, 2.05) is 6.42 Å². The topological polar surface area (TPSA) is 12.0 Å². The minimum atomic E-state index is 0.295. The Labute approximate surface area is 65.2 Å². The van der Waals surface area contributed by atoms with Crippen molar-refractivity contribution < 1.29 is 0 Å². The number of hydrogen-bond donors (Lipinski definition) is 1. The molecule has 0 unspecified atom stereocenters. The van der Waals surface area contributed by atoms with Crippen LogP contribution < -0.4 is 5.32 Å². The number of hydrogen-bond acceptors (Lipinski definition) is 1. The minimum absolute atomic E-state index is 0.295. The second kappa shape index (κ2) is 4.62. The van der Waals surface area contributed by atoms with E-state index in [1.165, 1.54) is 6.42 Å². The van der Waals surface area contributed by atoms with Crippen LogP contribution in [0.5, 0.6) is 0 Å². The van der Waals surface area contributed by atoms with Crippen molar-refractivity contribution in [3.8, 4) is 0 Å². The van der Waals surface area contributed by atoms with E-state index in [0.29, 0.717) is 5.54 Å². The maximum absolute atomic E-state index is 3.67. The van der Waals surface area contributed by atoms with Gasteiger partial charge < -0.3 is 5.32 Å². The lowest BCUT2D eigenvalue weighted by Gasteiger charge is -2.23. The Morgan fingerprint density at radius 2 is 2.10 bits per heavy atom. The van der Waals surface area contributed by atoms with Crippen LogP contribution in [0, 0.1) is 13.3 Å². The van der Waals surface area contributed by atoms with Gasteiger partial charge in [0, 0.05) is 12.1 Å². The molecular weight excluding hydrogens is 122 g/mol. The molecule has 60 valence electrons. The molecule has 1 nitrogen and oxygen atoms in total. The van der Waals surface area contributed by atoms with Crippen LogP contribution in [0.4, 0.5) is 0 Å². The Morgan fingerprint density at radius 3 is 2.50 bits per heavy atom. The number of rotatable bonds is 5. The summed E-state index contributed by atoms with van der Waals surface area (Å²) in [6, 6.07) is 0. The lowest BCUT2D eigenvalue weighted by Crippen LogP contribution is -2.38. The van der Waals surface area contributed by atoms with Crippen LogP contribution in [0.3, 0.4) is 0 Å². The van der Waals surface area contributed by atoms with E-state index >= 15 is 0 Å². The molecule has 1 heteroatoms. The summed E-state index contributed by atoms with van der Waals surface area (Å²) in [6.07, 6.45) is 4.17. The van der Waals surface area contributed by atoms with Crippen molar-refractivity contribution in [1.29, 1.82) is 0 Å². The third-order valence-corrected chi connectivity index (χ3v) is 1.84. The molecule has 0 fully saturated rings. The average Bonchev–Trinajstić information content (AvgIpc) is 1.89. The predicted octanol–water partition coefficient (Wildman–Crippen LogP) is 2.19. The van der Waals surface area contributed by atoms with Crippen LogP contribution in [0.1, 0.15) is 33.6 Å². The van der Waals surface area contributed by atoms with E-state index in [1.54, 1.807) is 0 Å². The Bertz CT molecular complexity index is 76.8. The molecule has 0 spiro atoms. The van der Waals surface area contributed by atoms with Crippen LogP contribution in [-0.4, -0.2) is 12.1 Å². The molecule has 0 aromatic rings. The maximum Gasteiger partial charge on any atom is 0.0694 e. The molecular formula is C9H19N. The van der Waals surface area contributed by atoms with E-state index < -0.39 is 0 Å². The molecule has 10 heavy (non-hydrogen) atoms. The Hall–Kier alpha value is -0.170. The van der Waals surface area contributed by atoms with Crippen LogP contribution in [0.25, 0.3) is 0 Å². The number of nitrogens with one attached hydrogen (secondary N) is 1. The van der Waals surface area contributed by atoms with Gasteiger partial charge in [0.2, 0.25) is 0 Å². The molecule has 0 aliphatic rings. The lowest BCUT2D eigenvalue weighted by molar-refractivity contribution is 0.379. The van der Waals surface area contributed by atoms with Gasteiger partial charge in [0.25, 0.3) is 0 Å². The van der Waals surface area contributed by atoms with Crippen LogP contribution in [0.15, 0.2) is 0 Å². The SMILES string of the molecule is [CH2-][CH+]CCNC(C)(C)CC. The third kappa shape index (κ3) is 4.68. The third-order valence-electron chi connectivity index (χ3n) is 1.84. The minimum Gasteiger partial charge on any atom is -0.308 e. The first-order valence-electron chi connectivity index (χ1n) is 3.98. The maximum atomic E-state index is 3.67. The summed E-state index contributed by atoms with van der Waals surface area (Å²) in [6.45, 7) is 11.3. The predicted molar refractivity (Wildman–Crippen MR) is 46.6 cm³/mol. The highest BCUT2D eigenvalue weighted by atomic mass is 14.9. The standard InChI is InChI=1S/C9H19N/c1-5-7-8-10-9(3,4)6-2/h5,10H,1,6-8H2,2-4H3. The summed E-state index contributed by atoms with van der Waals surface area (Å²) in [7, 11) is 0. The Kier molecular flexibility index (Phi) is 4.54. The largest absolute Gasteiger partial charge is 0.308 e. The van der Waals surface area contributed by atoms with Crippen molar-refractivity contribution in [2.75, 3.05) is 6.54 Å². The van der Waals surface area contributed by atoms with Crippen molar-refractivity contribution in [2.24, 2.45) is 0 Å². The molecule has 0 heterocycles. The Morgan fingerprint density at radius 1 is 1.50 bits per heavy atom. The molecule has 0 amide bonds. The number of unbranched alkanes of at least 4 members (excludes halogenated alkanes) is 1. The average molecular weight is 141 g/mol. The van der Waals surface area contributed by atoms with Crippen molar-refractivity contribution in [3.05, 3.63) is 13.3 Å². The van der Waals surface area contributed by atoms with E-state index in [4.69, 9.17) is 0 Å². The first-order chi connectivity index (χ1) is 4.62. The van der Waals surface area contributed by atoms with Crippen molar-refractivity contribution in [3.63, 3.8) is 0 Å². The molecule has 0 aromatic carbocycles. The van der Waals surface area contributed by atoms with Gasteiger partial charge in [0.1, 0.15) is 0 Å². The van der Waals surface area contributed by atoms with Crippen LogP contribution in [-0.2, 0) is 0 Å². The quantitative estimate of drug-likeness (QED) is 0.457. The monoisotopic (exact) mass is 141 g/mol. The fourth-order valence-electron chi connectivity index (χ4n) is 0.638. The van der Waals surface area contributed by atoms with Gasteiger partial charge in [-0.05, 0) is 20.3 Å². The molecule has 0 aliphatic heterocycles. The summed E-state index contributed by atoms with van der Waals surface area (Å²) >= 11 is 0. The lowest BCUT2D eigenvalue weighted by atomic mass is 10.0. The molecule has 0 aliphatic carbocycles. The highest BCUT2D eigenvalue weighted by Crippen LogP contribution is 2.06. The fourth-order valence-corrected chi connectivity index (χ4v) is 0.638.